The van der Waals surface area contributed by atoms with E-state index in [4.69, 9.17) is 10.5 Å². The van der Waals surface area contributed by atoms with Gasteiger partial charge in [0, 0.05) is 11.6 Å². The summed E-state index contributed by atoms with van der Waals surface area (Å²) in [7, 11) is 1.60. The lowest BCUT2D eigenvalue weighted by Crippen LogP contribution is -2.09. The predicted octanol–water partition coefficient (Wildman–Crippen LogP) is 2.20. The van der Waals surface area contributed by atoms with Crippen molar-refractivity contribution in [3.63, 3.8) is 0 Å². The Balaban J connectivity index is 2.93. The first-order chi connectivity index (χ1) is 6.69. The zero-order chi connectivity index (χ0) is 10.6. The summed E-state index contributed by atoms with van der Waals surface area (Å²) in [6.45, 7) is 2.07. The molecule has 0 heterocycles. The number of nitrogens with two attached hydrogens (primary N) is 1. The van der Waals surface area contributed by atoms with E-state index in [2.05, 4.69) is 6.92 Å². The van der Waals surface area contributed by atoms with Crippen LogP contribution in [0.1, 0.15) is 31.4 Å². The third kappa shape index (κ3) is 2.39. The van der Waals surface area contributed by atoms with Crippen LogP contribution in [0.25, 0.3) is 0 Å². The highest BCUT2D eigenvalue weighted by Gasteiger charge is 2.10. The molecule has 0 aliphatic rings. The van der Waals surface area contributed by atoms with Gasteiger partial charge in [0.25, 0.3) is 0 Å². The summed E-state index contributed by atoms with van der Waals surface area (Å²) in [5.74, 6) is 0.969. The average Bonchev–Trinajstić information content (AvgIpc) is 2.19. The SMILES string of the molecule is CCCC(N)c1cc(OC)ccc1O. The molecule has 1 aromatic rings. The molecule has 0 amide bonds. The molecule has 3 N–H and O–H groups in total. The highest BCUT2D eigenvalue weighted by atomic mass is 16.5. The van der Waals surface area contributed by atoms with Gasteiger partial charge in [0.05, 0.1) is 7.11 Å². The maximum absolute atomic E-state index is 9.59. The van der Waals surface area contributed by atoms with E-state index in [0.717, 1.165) is 24.2 Å². The summed E-state index contributed by atoms with van der Waals surface area (Å²) in [6.07, 6.45) is 1.86. The van der Waals surface area contributed by atoms with Crippen molar-refractivity contribution >= 4 is 0 Å². The quantitative estimate of drug-likeness (QED) is 0.774. The van der Waals surface area contributed by atoms with Crippen molar-refractivity contribution < 1.29 is 9.84 Å². The van der Waals surface area contributed by atoms with E-state index < -0.39 is 0 Å². The largest absolute Gasteiger partial charge is 0.508 e. The second-order valence-corrected chi connectivity index (χ2v) is 3.32. The molecule has 3 heteroatoms. The lowest BCUT2D eigenvalue weighted by atomic mass is 10.0. The zero-order valence-electron chi connectivity index (χ0n) is 8.66. The van der Waals surface area contributed by atoms with Gasteiger partial charge in [0.2, 0.25) is 0 Å². The van der Waals surface area contributed by atoms with E-state index >= 15 is 0 Å². The van der Waals surface area contributed by atoms with E-state index in [1.54, 1.807) is 25.3 Å². The molecule has 0 bridgehead atoms. The number of aromatic hydroxyl groups is 1. The minimum Gasteiger partial charge on any atom is -0.508 e. The van der Waals surface area contributed by atoms with Gasteiger partial charge in [-0.1, -0.05) is 13.3 Å². The molecule has 1 aromatic carbocycles. The van der Waals surface area contributed by atoms with Crippen LogP contribution in [0.3, 0.4) is 0 Å². The minimum absolute atomic E-state index is 0.116. The Morgan fingerprint density at radius 1 is 1.50 bits per heavy atom. The van der Waals surface area contributed by atoms with Crippen LogP contribution in [0.5, 0.6) is 11.5 Å². The summed E-state index contributed by atoms with van der Waals surface area (Å²) in [4.78, 5) is 0. The first-order valence-corrected chi connectivity index (χ1v) is 4.81. The van der Waals surface area contributed by atoms with E-state index in [1.807, 2.05) is 0 Å². The van der Waals surface area contributed by atoms with Crippen LogP contribution in [0.2, 0.25) is 0 Å². The topological polar surface area (TPSA) is 55.5 Å². The second kappa shape index (κ2) is 4.86. The summed E-state index contributed by atoms with van der Waals surface area (Å²) < 4.78 is 5.07. The fourth-order valence-corrected chi connectivity index (χ4v) is 1.42. The van der Waals surface area contributed by atoms with Gasteiger partial charge in [0.15, 0.2) is 0 Å². The normalized spacial score (nSPS) is 12.5. The third-order valence-electron chi connectivity index (χ3n) is 2.23. The molecule has 1 rings (SSSR count). The van der Waals surface area contributed by atoms with Gasteiger partial charge in [-0.2, -0.15) is 0 Å². The predicted molar refractivity (Wildman–Crippen MR) is 56.5 cm³/mol. The maximum Gasteiger partial charge on any atom is 0.120 e. The molecule has 0 aromatic heterocycles. The number of hydrogen-bond acceptors (Lipinski definition) is 3. The Kier molecular flexibility index (Phi) is 3.77. The Morgan fingerprint density at radius 3 is 2.79 bits per heavy atom. The second-order valence-electron chi connectivity index (χ2n) is 3.32. The van der Waals surface area contributed by atoms with Crippen molar-refractivity contribution in [1.82, 2.24) is 0 Å². The molecule has 0 aliphatic carbocycles. The van der Waals surface area contributed by atoms with Crippen LogP contribution in [0.4, 0.5) is 0 Å². The van der Waals surface area contributed by atoms with Crippen molar-refractivity contribution in [2.75, 3.05) is 7.11 Å². The van der Waals surface area contributed by atoms with Crippen LogP contribution in [-0.2, 0) is 0 Å². The third-order valence-corrected chi connectivity index (χ3v) is 2.23. The maximum atomic E-state index is 9.59. The minimum atomic E-state index is -0.116. The summed E-state index contributed by atoms with van der Waals surface area (Å²) in [6, 6.07) is 5.01. The Hall–Kier alpha value is -1.22. The lowest BCUT2D eigenvalue weighted by Gasteiger charge is -2.13. The molecule has 3 nitrogen and oxygen atoms in total. The number of phenols is 1. The van der Waals surface area contributed by atoms with Crippen molar-refractivity contribution in [1.29, 1.82) is 0 Å². The fraction of sp³-hybridized carbons (Fsp3) is 0.455. The number of benzene rings is 1. The molecular weight excluding hydrogens is 178 g/mol. The van der Waals surface area contributed by atoms with Crippen LogP contribution in [0, 0.1) is 0 Å². The number of hydrogen-bond donors (Lipinski definition) is 2. The van der Waals surface area contributed by atoms with Crippen molar-refractivity contribution in [3.8, 4) is 11.5 Å². The molecule has 0 spiro atoms. The Bertz CT molecular complexity index is 299. The molecule has 14 heavy (non-hydrogen) atoms. The van der Waals surface area contributed by atoms with Gasteiger partial charge >= 0.3 is 0 Å². The summed E-state index contributed by atoms with van der Waals surface area (Å²) in [5.41, 5.74) is 6.67. The number of phenolic OH excluding ortho intramolecular Hbond substituents is 1. The van der Waals surface area contributed by atoms with Gasteiger partial charge in [-0.3, -0.25) is 0 Å². The standard InChI is InChI=1S/C11H17NO2/c1-3-4-10(12)9-7-8(14-2)5-6-11(9)13/h5-7,10,13H,3-4,12H2,1-2H3. The first kappa shape index (κ1) is 10.9. The molecule has 0 radical (unpaired) electrons. The molecule has 78 valence electrons. The van der Waals surface area contributed by atoms with Crippen molar-refractivity contribution in [3.05, 3.63) is 23.8 Å². The molecule has 0 aliphatic heterocycles. The lowest BCUT2D eigenvalue weighted by molar-refractivity contribution is 0.408. The van der Waals surface area contributed by atoms with Crippen molar-refractivity contribution in [2.24, 2.45) is 5.73 Å². The highest BCUT2D eigenvalue weighted by molar-refractivity contribution is 5.41. The zero-order valence-corrected chi connectivity index (χ0v) is 8.66. The van der Waals surface area contributed by atoms with Gasteiger partial charge in [0.1, 0.15) is 11.5 Å². The Labute approximate surface area is 84.5 Å². The van der Waals surface area contributed by atoms with E-state index in [0.29, 0.717) is 0 Å². The van der Waals surface area contributed by atoms with Gasteiger partial charge in [-0.25, -0.2) is 0 Å². The smallest absolute Gasteiger partial charge is 0.120 e. The number of ether oxygens (including phenoxy) is 1. The van der Waals surface area contributed by atoms with E-state index in [-0.39, 0.29) is 11.8 Å². The van der Waals surface area contributed by atoms with Crippen LogP contribution >= 0.6 is 0 Å². The van der Waals surface area contributed by atoms with Crippen LogP contribution < -0.4 is 10.5 Å². The van der Waals surface area contributed by atoms with Gasteiger partial charge < -0.3 is 15.6 Å². The highest BCUT2D eigenvalue weighted by Crippen LogP contribution is 2.29. The van der Waals surface area contributed by atoms with E-state index in [9.17, 15) is 5.11 Å². The van der Waals surface area contributed by atoms with Gasteiger partial charge in [-0.05, 0) is 24.6 Å². The van der Waals surface area contributed by atoms with E-state index in [1.165, 1.54) is 0 Å². The molecule has 1 unspecified atom stereocenters. The molecule has 0 saturated heterocycles. The number of methoxy groups -OCH3 is 1. The first-order valence-electron chi connectivity index (χ1n) is 4.81. The summed E-state index contributed by atoms with van der Waals surface area (Å²) in [5, 5.41) is 9.59. The fourth-order valence-electron chi connectivity index (χ4n) is 1.42. The Morgan fingerprint density at radius 2 is 2.21 bits per heavy atom. The van der Waals surface area contributed by atoms with Crippen molar-refractivity contribution in [2.45, 2.75) is 25.8 Å². The average molecular weight is 195 g/mol. The molecular formula is C11H17NO2. The molecule has 1 atom stereocenters. The van der Waals surface area contributed by atoms with Crippen LogP contribution in [0.15, 0.2) is 18.2 Å². The molecule has 0 saturated carbocycles. The number of rotatable bonds is 4. The molecule has 0 fully saturated rings. The monoisotopic (exact) mass is 195 g/mol. The van der Waals surface area contributed by atoms with Crippen LogP contribution in [-0.4, -0.2) is 12.2 Å². The van der Waals surface area contributed by atoms with Gasteiger partial charge in [-0.15, -0.1) is 0 Å². The summed E-state index contributed by atoms with van der Waals surface area (Å²) >= 11 is 0.